The van der Waals surface area contributed by atoms with E-state index in [0.717, 1.165) is 5.56 Å². The van der Waals surface area contributed by atoms with Crippen LogP contribution in [0.3, 0.4) is 0 Å². The summed E-state index contributed by atoms with van der Waals surface area (Å²) < 4.78 is 28.2. The SMILES string of the molecule is Cn1ncc(C(N)=S)c1NS(=O)(=O)CCc1ccccc1. The molecule has 1 aromatic heterocycles. The molecule has 2 rings (SSSR count). The van der Waals surface area contributed by atoms with Crippen LogP contribution in [0.25, 0.3) is 0 Å². The van der Waals surface area contributed by atoms with Crippen LogP contribution < -0.4 is 10.5 Å². The molecule has 0 amide bonds. The molecule has 21 heavy (non-hydrogen) atoms. The number of nitrogens with one attached hydrogen (secondary N) is 1. The molecule has 6 nitrogen and oxygen atoms in total. The number of nitrogens with two attached hydrogens (primary N) is 1. The standard InChI is InChI=1S/C13H16N4O2S2/c1-17-13(11(9-15-17)12(14)20)16-21(18,19)8-7-10-5-3-2-4-6-10/h2-6,9,16H,7-8H2,1H3,(H2,14,20). The second-order valence-electron chi connectivity index (χ2n) is 4.55. The van der Waals surface area contributed by atoms with Gasteiger partial charge in [0.25, 0.3) is 0 Å². The summed E-state index contributed by atoms with van der Waals surface area (Å²) in [5.74, 6) is 0.259. The zero-order valence-corrected chi connectivity index (χ0v) is 13.1. The van der Waals surface area contributed by atoms with Gasteiger partial charge in [-0.15, -0.1) is 0 Å². The van der Waals surface area contributed by atoms with Gasteiger partial charge in [-0.2, -0.15) is 5.10 Å². The van der Waals surface area contributed by atoms with E-state index < -0.39 is 10.0 Å². The van der Waals surface area contributed by atoms with Crippen LogP contribution in [0, 0.1) is 0 Å². The summed E-state index contributed by atoms with van der Waals surface area (Å²) in [6.45, 7) is 0. The number of hydrogen-bond acceptors (Lipinski definition) is 4. The Labute approximate surface area is 129 Å². The van der Waals surface area contributed by atoms with Gasteiger partial charge in [-0.3, -0.25) is 9.40 Å². The van der Waals surface area contributed by atoms with Crippen molar-refractivity contribution < 1.29 is 8.42 Å². The summed E-state index contributed by atoms with van der Waals surface area (Å²) in [6.07, 6.45) is 1.87. The summed E-state index contributed by atoms with van der Waals surface area (Å²) in [7, 11) is -1.89. The van der Waals surface area contributed by atoms with Gasteiger partial charge in [0.15, 0.2) is 0 Å². The maximum absolute atomic E-state index is 12.2. The predicted octanol–water partition coefficient (Wildman–Crippen LogP) is 1.04. The number of aryl methyl sites for hydroxylation is 2. The Morgan fingerprint density at radius 1 is 1.38 bits per heavy atom. The van der Waals surface area contributed by atoms with Gasteiger partial charge in [0.05, 0.1) is 17.5 Å². The number of sulfonamides is 1. The van der Waals surface area contributed by atoms with E-state index in [1.807, 2.05) is 30.3 Å². The van der Waals surface area contributed by atoms with Crippen molar-refractivity contribution in [2.24, 2.45) is 12.8 Å². The molecule has 0 aliphatic heterocycles. The van der Waals surface area contributed by atoms with Crippen molar-refractivity contribution in [3.8, 4) is 0 Å². The van der Waals surface area contributed by atoms with E-state index in [1.54, 1.807) is 7.05 Å². The smallest absolute Gasteiger partial charge is 0.234 e. The number of thiocarbonyl (C=S) groups is 1. The largest absolute Gasteiger partial charge is 0.389 e. The molecule has 0 radical (unpaired) electrons. The van der Waals surface area contributed by atoms with Gasteiger partial charge < -0.3 is 5.73 Å². The van der Waals surface area contributed by atoms with Crippen LogP contribution in [-0.2, 0) is 23.5 Å². The van der Waals surface area contributed by atoms with Crippen LogP contribution in [0.15, 0.2) is 36.5 Å². The fraction of sp³-hybridized carbons (Fsp3) is 0.231. The lowest BCUT2D eigenvalue weighted by Crippen LogP contribution is -2.22. The lowest BCUT2D eigenvalue weighted by atomic mass is 10.2. The molecule has 8 heteroatoms. The summed E-state index contributed by atoms with van der Waals surface area (Å²) in [5.41, 5.74) is 6.93. The van der Waals surface area contributed by atoms with Gasteiger partial charge in [-0.25, -0.2) is 8.42 Å². The Morgan fingerprint density at radius 2 is 2.05 bits per heavy atom. The molecule has 0 aliphatic carbocycles. The van der Waals surface area contributed by atoms with E-state index in [9.17, 15) is 8.42 Å². The maximum Gasteiger partial charge on any atom is 0.234 e. The van der Waals surface area contributed by atoms with Crippen LogP contribution in [0.1, 0.15) is 11.1 Å². The summed E-state index contributed by atoms with van der Waals surface area (Å²) in [6, 6.07) is 9.42. The number of hydrogen-bond donors (Lipinski definition) is 2. The Bertz CT molecular complexity index is 739. The quantitative estimate of drug-likeness (QED) is 0.775. The first-order chi connectivity index (χ1) is 9.89. The zero-order valence-electron chi connectivity index (χ0n) is 11.5. The van der Waals surface area contributed by atoms with Crippen LogP contribution in [0.4, 0.5) is 5.82 Å². The molecule has 0 aliphatic rings. The summed E-state index contributed by atoms with van der Waals surface area (Å²) >= 11 is 4.88. The topological polar surface area (TPSA) is 90.0 Å². The molecule has 0 atom stereocenters. The van der Waals surface area contributed by atoms with E-state index >= 15 is 0 Å². The average molecular weight is 324 g/mol. The first kappa shape index (κ1) is 15.5. The van der Waals surface area contributed by atoms with Gasteiger partial charge >= 0.3 is 0 Å². The third-order valence-corrected chi connectivity index (χ3v) is 4.42. The fourth-order valence-corrected chi connectivity index (χ4v) is 3.13. The van der Waals surface area contributed by atoms with E-state index in [-0.39, 0.29) is 16.6 Å². The number of nitrogens with zero attached hydrogens (tertiary/aromatic N) is 2. The number of aromatic nitrogens is 2. The second kappa shape index (κ2) is 6.23. The molecule has 1 aromatic carbocycles. The first-order valence-electron chi connectivity index (χ1n) is 6.25. The highest BCUT2D eigenvalue weighted by atomic mass is 32.2. The van der Waals surface area contributed by atoms with Gasteiger partial charge in [0.1, 0.15) is 10.8 Å². The molecule has 1 heterocycles. The van der Waals surface area contributed by atoms with E-state index in [0.29, 0.717) is 12.0 Å². The number of benzene rings is 1. The molecule has 0 spiro atoms. The van der Waals surface area contributed by atoms with Gasteiger partial charge in [0, 0.05) is 7.05 Å². The van der Waals surface area contributed by atoms with Crippen molar-refractivity contribution in [3.05, 3.63) is 47.7 Å². The summed E-state index contributed by atoms with van der Waals surface area (Å²) in [4.78, 5) is 0.101. The summed E-state index contributed by atoms with van der Waals surface area (Å²) in [5, 5.41) is 3.96. The Hall–Kier alpha value is -1.93. The van der Waals surface area contributed by atoms with Crippen molar-refractivity contribution in [2.75, 3.05) is 10.5 Å². The third-order valence-electron chi connectivity index (χ3n) is 2.96. The Morgan fingerprint density at radius 3 is 2.67 bits per heavy atom. The van der Waals surface area contributed by atoms with Crippen LogP contribution >= 0.6 is 12.2 Å². The van der Waals surface area contributed by atoms with E-state index in [4.69, 9.17) is 18.0 Å². The average Bonchev–Trinajstić information content (AvgIpc) is 2.79. The predicted molar refractivity (Wildman–Crippen MR) is 86.7 cm³/mol. The third kappa shape index (κ3) is 4.02. The lowest BCUT2D eigenvalue weighted by Gasteiger charge is -2.10. The highest BCUT2D eigenvalue weighted by Gasteiger charge is 2.17. The zero-order chi connectivity index (χ0) is 15.5. The van der Waals surface area contributed by atoms with Gasteiger partial charge in [-0.1, -0.05) is 42.5 Å². The van der Waals surface area contributed by atoms with E-state index in [2.05, 4.69) is 9.82 Å². The number of anilines is 1. The Balaban J connectivity index is 2.11. The molecule has 0 saturated heterocycles. The minimum atomic E-state index is -3.51. The molecule has 0 bridgehead atoms. The minimum Gasteiger partial charge on any atom is -0.389 e. The molecule has 2 aromatic rings. The Kier molecular flexibility index (Phi) is 4.59. The molecule has 0 fully saturated rings. The lowest BCUT2D eigenvalue weighted by molar-refractivity contribution is 0.599. The molecule has 0 saturated carbocycles. The van der Waals surface area contributed by atoms with E-state index in [1.165, 1.54) is 10.9 Å². The van der Waals surface area contributed by atoms with Crippen molar-refractivity contribution in [1.82, 2.24) is 9.78 Å². The molecular formula is C13H16N4O2S2. The fourth-order valence-electron chi connectivity index (χ4n) is 1.83. The molecule has 112 valence electrons. The maximum atomic E-state index is 12.2. The highest BCUT2D eigenvalue weighted by Crippen LogP contribution is 2.16. The normalized spacial score (nSPS) is 11.3. The minimum absolute atomic E-state index is 0.0288. The number of rotatable bonds is 6. The molecule has 3 N–H and O–H groups in total. The van der Waals surface area contributed by atoms with Crippen molar-refractivity contribution in [1.29, 1.82) is 0 Å². The van der Waals surface area contributed by atoms with Crippen LogP contribution in [0.2, 0.25) is 0 Å². The van der Waals surface area contributed by atoms with Gasteiger partial charge in [-0.05, 0) is 12.0 Å². The first-order valence-corrected chi connectivity index (χ1v) is 8.31. The van der Waals surface area contributed by atoms with Crippen LogP contribution in [-0.4, -0.2) is 28.9 Å². The monoisotopic (exact) mass is 324 g/mol. The molecular weight excluding hydrogens is 308 g/mol. The van der Waals surface area contributed by atoms with Crippen molar-refractivity contribution in [2.45, 2.75) is 6.42 Å². The molecule has 0 unspecified atom stereocenters. The van der Waals surface area contributed by atoms with Crippen molar-refractivity contribution in [3.63, 3.8) is 0 Å². The van der Waals surface area contributed by atoms with Crippen molar-refractivity contribution >= 4 is 33.0 Å². The van der Waals surface area contributed by atoms with Gasteiger partial charge in [0.2, 0.25) is 10.0 Å². The highest BCUT2D eigenvalue weighted by molar-refractivity contribution is 7.92. The van der Waals surface area contributed by atoms with Crippen LogP contribution in [0.5, 0.6) is 0 Å². The second-order valence-corrected chi connectivity index (χ2v) is 6.83.